The first-order chi connectivity index (χ1) is 11.6. The van der Waals surface area contributed by atoms with Crippen LogP contribution in [0, 0.1) is 11.6 Å². The van der Waals surface area contributed by atoms with Crippen LogP contribution in [-0.2, 0) is 22.7 Å². The van der Waals surface area contributed by atoms with Crippen LogP contribution in [0.2, 0.25) is 0 Å². The van der Waals surface area contributed by atoms with Gasteiger partial charge < -0.3 is 14.5 Å². The molecular formula is C15H16F2N4O2S. The summed E-state index contributed by atoms with van der Waals surface area (Å²) in [4.78, 5) is 20.0. The van der Waals surface area contributed by atoms with Gasteiger partial charge in [-0.05, 0) is 18.2 Å². The number of anilines is 1. The molecule has 3 rings (SSSR count). The highest BCUT2D eigenvalue weighted by atomic mass is 32.1. The summed E-state index contributed by atoms with van der Waals surface area (Å²) in [5, 5.41) is 0.659. The lowest BCUT2D eigenvalue weighted by atomic mass is 10.1. The van der Waals surface area contributed by atoms with Gasteiger partial charge in [-0.2, -0.15) is 4.37 Å². The molecule has 1 fully saturated rings. The fourth-order valence-electron chi connectivity index (χ4n) is 2.47. The molecule has 9 heteroatoms. The summed E-state index contributed by atoms with van der Waals surface area (Å²) < 4.78 is 36.1. The van der Waals surface area contributed by atoms with Gasteiger partial charge in [-0.25, -0.2) is 13.8 Å². The van der Waals surface area contributed by atoms with Gasteiger partial charge in [-0.1, -0.05) is 0 Å². The van der Waals surface area contributed by atoms with E-state index in [1.165, 1.54) is 16.4 Å². The van der Waals surface area contributed by atoms with Crippen molar-refractivity contribution in [1.82, 2.24) is 14.3 Å². The molecule has 2 aromatic rings. The molecule has 0 bridgehead atoms. The Morgan fingerprint density at radius 3 is 2.92 bits per heavy atom. The van der Waals surface area contributed by atoms with E-state index in [2.05, 4.69) is 9.36 Å². The standard InChI is InChI=1S/C15H16F2N4O2S/c1-23-9-13-18-15(24-19-13)21-5-4-20(14(22)8-21)7-10-6-11(16)2-3-12(10)17/h2-3,6H,4-5,7-9H2,1H3. The van der Waals surface area contributed by atoms with Crippen LogP contribution < -0.4 is 4.90 Å². The zero-order chi connectivity index (χ0) is 17.1. The van der Waals surface area contributed by atoms with Gasteiger partial charge in [0.2, 0.25) is 11.0 Å². The van der Waals surface area contributed by atoms with E-state index in [-0.39, 0.29) is 24.6 Å². The smallest absolute Gasteiger partial charge is 0.242 e. The number of hydrogen-bond donors (Lipinski definition) is 0. The lowest BCUT2D eigenvalue weighted by molar-refractivity contribution is -0.131. The van der Waals surface area contributed by atoms with E-state index >= 15 is 0 Å². The van der Waals surface area contributed by atoms with Crippen molar-refractivity contribution in [2.45, 2.75) is 13.2 Å². The third-order valence-electron chi connectivity index (χ3n) is 3.69. The number of methoxy groups -OCH3 is 1. The first-order valence-corrected chi connectivity index (χ1v) is 8.12. The summed E-state index contributed by atoms with van der Waals surface area (Å²) in [6, 6.07) is 3.26. The van der Waals surface area contributed by atoms with Crippen LogP contribution in [0.15, 0.2) is 18.2 Å². The highest BCUT2D eigenvalue weighted by molar-refractivity contribution is 7.09. The Balaban J connectivity index is 1.64. The first-order valence-electron chi connectivity index (χ1n) is 7.35. The highest BCUT2D eigenvalue weighted by Gasteiger charge is 2.26. The van der Waals surface area contributed by atoms with Crippen LogP contribution in [-0.4, -0.2) is 46.9 Å². The lowest BCUT2D eigenvalue weighted by Gasteiger charge is -2.34. The van der Waals surface area contributed by atoms with Gasteiger partial charge in [0, 0.05) is 43.8 Å². The molecule has 1 aliphatic heterocycles. The third kappa shape index (κ3) is 3.68. The molecule has 1 aliphatic rings. The maximum absolute atomic E-state index is 13.7. The van der Waals surface area contributed by atoms with Crippen molar-refractivity contribution in [1.29, 1.82) is 0 Å². The van der Waals surface area contributed by atoms with Crippen LogP contribution >= 0.6 is 11.5 Å². The molecule has 0 aliphatic carbocycles. The maximum atomic E-state index is 13.7. The van der Waals surface area contributed by atoms with Crippen molar-refractivity contribution in [2.75, 3.05) is 31.6 Å². The van der Waals surface area contributed by atoms with Gasteiger partial charge in [0.05, 0.1) is 6.54 Å². The zero-order valence-corrected chi connectivity index (χ0v) is 13.9. The summed E-state index contributed by atoms with van der Waals surface area (Å²) in [6.45, 7) is 1.49. The van der Waals surface area contributed by atoms with Gasteiger partial charge in [0.15, 0.2) is 5.82 Å². The molecule has 1 amide bonds. The number of carbonyl (C=O) groups excluding carboxylic acids is 1. The number of halogens is 2. The minimum Gasteiger partial charge on any atom is -0.377 e. The molecule has 0 saturated carbocycles. The fourth-order valence-corrected chi connectivity index (χ4v) is 3.17. The van der Waals surface area contributed by atoms with Crippen molar-refractivity contribution in [2.24, 2.45) is 0 Å². The quantitative estimate of drug-likeness (QED) is 0.820. The fraction of sp³-hybridized carbons (Fsp3) is 0.400. The van der Waals surface area contributed by atoms with E-state index in [9.17, 15) is 13.6 Å². The minimum absolute atomic E-state index is 0.0569. The number of ether oxygens (including phenoxy) is 1. The van der Waals surface area contributed by atoms with Crippen LogP contribution in [0.1, 0.15) is 11.4 Å². The number of aromatic nitrogens is 2. The molecule has 6 nitrogen and oxygen atoms in total. The number of carbonyl (C=O) groups is 1. The largest absolute Gasteiger partial charge is 0.377 e. The Bertz CT molecular complexity index is 740. The normalized spacial score (nSPS) is 15.2. The molecule has 24 heavy (non-hydrogen) atoms. The van der Waals surface area contributed by atoms with E-state index < -0.39 is 11.6 Å². The SMILES string of the molecule is COCc1nsc(N2CCN(Cc3cc(F)ccc3F)C(=O)C2)n1. The second kappa shape index (κ2) is 7.18. The summed E-state index contributed by atoms with van der Waals surface area (Å²) in [5.41, 5.74) is 0.176. The Labute approximate surface area is 141 Å². The van der Waals surface area contributed by atoms with E-state index in [1.54, 1.807) is 7.11 Å². The van der Waals surface area contributed by atoms with E-state index in [0.29, 0.717) is 30.7 Å². The van der Waals surface area contributed by atoms with Crippen LogP contribution in [0.5, 0.6) is 0 Å². The molecule has 0 spiro atoms. The van der Waals surface area contributed by atoms with E-state index in [4.69, 9.17) is 4.74 Å². The Morgan fingerprint density at radius 1 is 1.33 bits per heavy atom. The molecule has 0 unspecified atom stereocenters. The van der Waals surface area contributed by atoms with Crippen molar-refractivity contribution in [3.05, 3.63) is 41.2 Å². The number of hydrogen-bond acceptors (Lipinski definition) is 6. The third-order valence-corrected chi connectivity index (χ3v) is 4.50. The van der Waals surface area contributed by atoms with Crippen molar-refractivity contribution in [3.63, 3.8) is 0 Å². The van der Waals surface area contributed by atoms with Gasteiger partial charge in [-0.3, -0.25) is 4.79 Å². The number of amides is 1. The minimum atomic E-state index is -0.517. The van der Waals surface area contributed by atoms with Crippen LogP contribution in [0.3, 0.4) is 0 Å². The predicted octanol–water partition coefficient (Wildman–Crippen LogP) is 1.81. The predicted molar refractivity (Wildman–Crippen MR) is 84.6 cm³/mol. The van der Waals surface area contributed by atoms with E-state index in [1.807, 2.05) is 4.90 Å². The summed E-state index contributed by atoms with van der Waals surface area (Å²) in [7, 11) is 1.56. The molecule has 0 N–H and O–H groups in total. The summed E-state index contributed by atoms with van der Waals surface area (Å²) in [6.07, 6.45) is 0. The van der Waals surface area contributed by atoms with Gasteiger partial charge in [0.25, 0.3) is 0 Å². The average molecular weight is 354 g/mol. The first kappa shape index (κ1) is 16.7. The molecule has 0 radical (unpaired) electrons. The van der Waals surface area contributed by atoms with Gasteiger partial charge >= 0.3 is 0 Å². The summed E-state index contributed by atoms with van der Waals surface area (Å²) >= 11 is 1.21. The molecule has 0 atom stereocenters. The van der Waals surface area contributed by atoms with Gasteiger partial charge in [-0.15, -0.1) is 0 Å². The van der Waals surface area contributed by atoms with E-state index in [0.717, 1.165) is 18.2 Å². The summed E-state index contributed by atoms with van der Waals surface area (Å²) in [5.74, 6) is -0.611. The second-order valence-corrected chi connectivity index (χ2v) is 6.13. The van der Waals surface area contributed by atoms with Crippen molar-refractivity contribution in [3.8, 4) is 0 Å². The Hall–Kier alpha value is -2.13. The van der Waals surface area contributed by atoms with Crippen molar-refractivity contribution >= 4 is 22.6 Å². The number of nitrogens with zero attached hydrogens (tertiary/aromatic N) is 4. The molecular weight excluding hydrogens is 338 g/mol. The topological polar surface area (TPSA) is 58.6 Å². The molecule has 1 aromatic heterocycles. The maximum Gasteiger partial charge on any atom is 0.242 e. The van der Waals surface area contributed by atoms with Crippen molar-refractivity contribution < 1.29 is 18.3 Å². The van der Waals surface area contributed by atoms with Crippen LogP contribution in [0.25, 0.3) is 0 Å². The monoisotopic (exact) mass is 354 g/mol. The molecule has 1 aromatic carbocycles. The molecule has 2 heterocycles. The number of piperazine rings is 1. The number of rotatable bonds is 5. The molecule has 1 saturated heterocycles. The number of benzene rings is 1. The highest BCUT2D eigenvalue weighted by Crippen LogP contribution is 2.21. The lowest BCUT2D eigenvalue weighted by Crippen LogP contribution is -2.50. The zero-order valence-electron chi connectivity index (χ0n) is 13.0. The Morgan fingerprint density at radius 2 is 2.17 bits per heavy atom. The van der Waals surface area contributed by atoms with Gasteiger partial charge in [0.1, 0.15) is 18.2 Å². The van der Waals surface area contributed by atoms with Crippen LogP contribution in [0.4, 0.5) is 13.9 Å². The molecule has 128 valence electrons. The second-order valence-electron chi connectivity index (χ2n) is 5.40. The average Bonchev–Trinajstić information content (AvgIpc) is 3.02. The Kier molecular flexibility index (Phi) is 5.00.